The van der Waals surface area contributed by atoms with E-state index in [1.54, 1.807) is 32.4 Å². The quantitative estimate of drug-likeness (QED) is 0.359. The summed E-state index contributed by atoms with van der Waals surface area (Å²) in [6, 6.07) is 7.75. The third-order valence-electron chi connectivity index (χ3n) is 4.60. The second-order valence-electron chi connectivity index (χ2n) is 6.63. The summed E-state index contributed by atoms with van der Waals surface area (Å²) in [5, 5.41) is 12.0. The number of thioether (sulfide) groups is 1. The highest BCUT2D eigenvalue weighted by atomic mass is 32.2. The van der Waals surface area contributed by atoms with Gasteiger partial charge in [0.1, 0.15) is 0 Å². The topological polar surface area (TPSA) is 103 Å². The molecule has 0 radical (unpaired) electrons. The lowest BCUT2D eigenvalue weighted by atomic mass is 10.1. The molecule has 2 heterocycles. The molecule has 0 saturated carbocycles. The standard InChI is InChI=1S/C20H23N5O3S/c1-6-28-19(27)16-12(3)17(21-13(16)4)18(26)14(5)29-20-22-23-24-25(20)15-10-8-7-9-11(15)2/h7-10,14,21H,6H2,1-5H3/t14-/m0/s1. The van der Waals surface area contributed by atoms with Crippen molar-refractivity contribution >= 4 is 23.5 Å². The van der Waals surface area contributed by atoms with Gasteiger partial charge in [0.05, 0.1) is 28.8 Å². The number of rotatable bonds is 7. The van der Waals surface area contributed by atoms with E-state index in [9.17, 15) is 9.59 Å². The molecule has 0 unspecified atom stereocenters. The van der Waals surface area contributed by atoms with Crippen LogP contribution in [0.25, 0.3) is 5.69 Å². The monoisotopic (exact) mass is 413 g/mol. The van der Waals surface area contributed by atoms with Crippen molar-refractivity contribution in [3.63, 3.8) is 0 Å². The number of para-hydroxylation sites is 1. The number of ketones is 1. The van der Waals surface area contributed by atoms with Gasteiger partial charge >= 0.3 is 5.97 Å². The lowest BCUT2D eigenvalue weighted by Gasteiger charge is -2.11. The summed E-state index contributed by atoms with van der Waals surface area (Å²) in [5.41, 5.74) is 3.91. The first-order valence-corrected chi connectivity index (χ1v) is 10.1. The van der Waals surface area contributed by atoms with Crippen molar-refractivity contribution in [1.29, 1.82) is 0 Å². The van der Waals surface area contributed by atoms with Crippen molar-refractivity contribution < 1.29 is 14.3 Å². The highest BCUT2D eigenvalue weighted by molar-refractivity contribution is 8.00. The Morgan fingerprint density at radius 3 is 2.66 bits per heavy atom. The maximum absolute atomic E-state index is 13.1. The Morgan fingerprint density at radius 1 is 1.24 bits per heavy atom. The Balaban J connectivity index is 1.85. The molecule has 0 aliphatic rings. The summed E-state index contributed by atoms with van der Waals surface area (Å²) in [7, 11) is 0. The minimum absolute atomic E-state index is 0.134. The Hall–Kier alpha value is -2.94. The van der Waals surface area contributed by atoms with Crippen molar-refractivity contribution in [2.75, 3.05) is 6.61 Å². The highest BCUT2D eigenvalue weighted by Gasteiger charge is 2.27. The second kappa shape index (κ2) is 8.60. The number of esters is 1. The number of ether oxygens (including phenoxy) is 1. The molecule has 9 heteroatoms. The van der Waals surface area contributed by atoms with Gasteiger partial charge in [-0.25, -0.2) is 4.79 Å². The van der Waals surface area contributed by atoms with Crippen LogP contribution in [0.1, 0.15) is 51.5 Å². The van der Waals surface area contributed by atoms with Gasteiger partial charge in [-0.2, -0.15) is 4.68 Å². The summed E-state index contributed by atoms with van der Waals surface area (Å²) in [6.07, 6.45) is 0. The number of nitrogens with zero attached hydrogens (tertiary/aromatic N) is 4. The van der Waals surface area contributed by atoms with E-state index in [-0.39, 0.29) is 12.4 Å². The fraction of sp³-hybridized carbons (Fsp3) is 0.350. The van der Waals surface area contributed by atoms with Gasteiger partial charge in [0.25, 0.3) is 0 Å². The number of nitrogens with one attached hydrogen (secondary N) is 1. The van der Waals surface area contributed by atoms with Gasteiger partial charge in [-0.3, -0.25) is 4.79 Å². The lowest BCUT2D eigenvalue weighted by Crippen LogP contribution is -2.16. The van der Waals surface area contributed by atoms with Gasteiger partial charge in [0.2, 0.25) is 5.16 Å². The summed E-state index contributed by atoms with van der Waals surface area (Å²) in [5.74, 6) is -0.563. The molecule has 0 spiro atoms. The van der Waals surface area contributed by atoms with E-state index in [0.29, 0.717) is 27.7 Å². The largest absolute Gasteiger partial charge is 0.462 e. The van der Waals surface area contributed by atoms with Gasteiger partial charge in [-0.15, -0.1) is 5.10 Å². The summed E-state index contributed by atoms with van der Waals surface area (Å²) in [4.78, 5) is 28.3. The number of benzene rings is 1. The van der Waals surface area contributed by atoms with Gasteiger partial charge < -0.3 is 9.72 Å². The zero-order valence-electron chi connectivity index (χ0n) is 17.0. The lowest BCUT2D eigenvalue weighted by molar-refractivity contribution is 0.0525. The number of aromatic amines is 1. The molecule has 29 heavy (non-hydrogen) atoms. The summed E-state index contributed by atoms with van der Waals surface area (Å²) >= 11 is 1.27. The molecule has 0 saturated heterocycles. The predicted octanol–water partition coefficient (Wildman–Crippen LogP) is 3.46. The van der Waals surface area contributed by atoms with Crippen LogP contribution >= 0.6 is 11.8 Å². The zero-order chi connectivity index (χ0) is 21.1. The third kappa shape index (κ3) is 4.09. The Morgan fingerprint density at radius 2 is 1.97 bits per heavy atom. The van der Waals surface area contributed by atoms with Crippen molar-refractivity contribution in [3.05, 3.63) is 52.3 Å². The summed E-state index contributed by atoms with van der Waals surface area (Å²) in [6.45, 7) is 9.30. The number of hydrogen-bond acceptors (Lipinski definition) is 7. The number of hydrogen-bond donors (Lipinski definition) is 1. The first-order chi connectivity index (χ1) is 13.8. The molecule has 0 fully saturated rings. The molecule has 152 valence electrons. The number of carbonyl (C=O) groups excluding carboxylic acids is 2. The van der Waals surface area contributed by atoms with E-state index >= 15 is 0 Å². The zero-order valence-corrected chi connectivity index (χ0v) is 17.8. The van der Waals surface area contributed by atoms with Crippen LogP contribution < -0.4 is 0 Å². The van der Waals surface area contributed by atoms with Crippen LogP contribution in [-0.2, 0) is 4.74 Å². The fourth-order valence-electron chi connectivity index (χ4n) is 3.13. The van der Waals surface area contributed by atoms with Crippen LogP contribution in [0.2, 0.25) is 0 Å². The molecule has 1 N–H and O–H groups in total. The third-order valence-corrected chi connectivity index (χ3v) is 5.63. The van der Waals surface area contributed by atoms with Crippen LogP contribution in [-0.4, -0.2) is 48.8 Å². The maximum Gasteiger partial charge on any atom is 0.340 e. The fourth-order valence-corrected chi connectivity index (χ4v) is 3.98. The number of aromatic nitrogens is 5. The molecule has 2 aromatic heterocycles. The first-order valence-electron chi connectivity index (χ1n) is 9.26. The van der Waals surface area contributed by atoms with Gasteiger partial charge in [-0.05, 0) is 62.2 Å². The molecule has 0 aliphatic heterocycles. The number of aryl methyl sites for hydroxylation is 2. The van der Waals surface area contributed by atoms with Gasteiger partial charge in [-0.1, -0.05) is 30.0 Å². The molecule has 8 nitrogen and oxygen atoms in total. The predicted molar refractivity (Wildman–Crippen MR) is 110 cm³/mol. The van der Waals surface area contributed by atoms with E-state index < -0.39 is 11.2 Å². The smallest absolute Gasteiger partial charge is 0.340 e. The van der Waals surface area contributed by atoms with Crippen molar-refractivity contribution in [2.24, 2.45) is 0 Å². The van der Waals surface area contributed by atoms with E-state index in [1.807, 2.05) is 31.2 Å². The van der Waals surface area contributed by atoms with Crippen molar-refractivity contribution in [3.8, 4) is 5.69 Å². The van der Waals surface area contributed by atoms with Crippen molar-refractivity contribution in [1.82, 2.24) is 25.2 Å². The van der Waals surface area contributed by atoms with Gasteiger partial charge in [0.15, 0.2) is 5.78 Å². The molecule has 0 amide bonds. The normalized spacial score (nSPS) is 12.0. The number of H-pyrrole nitrogens is 1. The molecule has 1 atom stereocenters. The minimum Gasteiger partial charge on any atom is -0.462 e. The Kier molecular flexibility index (Phi) is 6.17. The van der Waals surface area contributed by atoms with Crippen LogP contribution in [0, 0.1) is 20.8 Å². The van der Waals surface area contributed by atoms with E-state index in [1.165, 1.54) is 11.8 Å². The molecular weight excluding hydrogens is 390 g/mol. The van der Waals surface area contributed by atoms with E-state index in [2.05, 4.69) is 20.5 Å². The summed E-state index contributed by atoms with van der Waals surface area (Å²) < 4.78 is 6.72. The van der Waals surface area contributed by atoms with Gasteiger partial charge in [0, 0.05) is 5.69 Å². The molecule has 3 rings (SSSR count). The molecule has 0 bridgehead atoms. The van der Waals surface area contributed by atoms with E-state index in [0.717, 1.165) is 11.3 Å². The van der Waals surface area contributed by atoms with E-state index in [4.69, 9.17) is 4.74 Å². The SMILES string of the molecule is CCOC(=O)c1c(C)[nH]c(C(=O)[C@H](C)Sc2nnnn2-c2ccccc2C)c1C. The van der Waals surface area contributed by atoms with Crippen LogP contribution in [0.5, 0.6) is 0 Å². The Labute approximate surface area is 173 Å². The average Bonchev–Trinajstić information content (AvgIpc) is 3.25. The number of tetrazole rings is 1. The molecule has 3 aromatic rings. The minimum atomic E-state index is -0.462. The number of Topliss-reactive ketones (excluding diaryl/α,β-unsaturated/α-hetero) is 1. The molecular formula is C20H23N5O3S. The van der Waals surface area contributed by atoms with Crippen LogP contribution in [0.3, 0.4) is 0 Å². The van der Waals surface area contributed by atoms with Crippen LogP contribution in [0.15, 0.2) is 29.4 Å². The average molecular weight is 414 g/mol. The second-order valence-corrected chi connectivity index (χ2v) is 7.94. The Bertz CT molecular complexity index is 1060. The number of carbonyl (C=O) groups is 2. The molecule has 1 aromatic carbocycles. The highest BCUT2D eigenvalue weighted by Crippen LogP contribution is 2.28. The van der Waals surface area contributed by atoms with Crippen LogP contribution in [0.4, 0.5) is 0 Å². The maximum atomic E-state index is 13.1. The first kappa shape index (κ1) is 20.8. The van der Waals surface area contributed by atoms with Crippen molar-refractivity contribution in [2.45, 2.75) is 45.0 Å². The molecule has 0 aliphatic carbocycles.